The fourth-order valence-corrected chi connectivity index (χ4v) is 2.47. The molecule has 2 atom stereocenters. The molecular formula is C12H24Cl2N2. The predicted molar refractivity (Wildman–Crippen MR) is 72.3 cm³/mol. The molecule has 96 valence electrons. The maximum atomic E-state index is 6.25. The van der Waals surface area contributed by atoms with Gasteiger partial charge in [-0.25, -0.2) is 0 Å². The molecule has 0 aliphatic rings. The first kappa shape index (κ1) is 16.2. The largest absolute Gasteiger partial charge is 0.170 e. The number of azo groups is 1. The molecule has 0 spiro atoms. The van der Waals surface area contributed by atoms with Crippen molar-refractivity contribution in [3.63, 3.8) is 0 Å². The van der Waals surface area contributed by atoms with Gasteiger partial charge in [-0.1, -0.05) is 50.9 Å². The molecule has 0 aliphatic heterocycles. The molecule has 0 aromatic rings. The first-order chi connectivity index (χ1) is 7.04. The lowest BCUT2D eigenvalue weighted by atomic mass is 10.0. The molecule has 16 heavy (non-hydrogen) atoms. The lowest BCUT2D eigenvalue weighted by Crippen LogP contribution is -2.20. The Balaban J connectivity index is 4.45. The Hall–Kier alpha value is 0.180. The van der Waals surface area contributed by atoms with Gasteiger partial charge in [-0.15, -0.1) is 0 Å². The molecule has 0 aromatic heterocycles. The van der Waals surface area contributed by atoms with E-state index in [1.165, 1.54) is 0 Å². The van der Waals surface area contributed by atoms with Crippen LogP contribution in [0.25, 0.3) is 0 Å². The highest BCUT2D eigenvalue weighted by Crippen LogP contribution is 2.31. The van der Waals surface area contributed by atoms with Gasteiger partial charge >= 0.3 is 0 Å². The molecule has 0 aromatic carbocycles. The van der Waals surface area contributed by atoms with Crippen LogP contribution in [0.5, 0.6) is 0 Å². The second-order valence-electron chi connectivity index (χ2n) is 5.68. The predicted octanol–water partition coefficient (Wildman–Crippen LogP) is 5.44. The van der Waals surface area contributed by atoms with Gasteiger partial charge in [0.1, 0.15) is 0 Å². The SMILES string of the molecule is CC(C)CC(C)(Cl)/N=N/C(C)(Cl)CC(C)C. The van der Waals surface area contributed by atoms with Crippen LogP contribution in [0.4, 0.5) is 0 Å². The number of hydrogen-bond donors (Lipinski definition) is 0. The lowest BCUT2D eigenvalue weighted by Gasteiger charge is -2.22. The summed E-state index contributed by atoms with van der Waals surface area (Å²) in [5.74, 6) is 0.987. The quantitative estimate of drug-likeness (QED) is 0.348. The molecule has 0 radical (unpaired) electrons. The Morgan fingerprint density at radius 1 is 0.812 bits per heavy atom. The normalized spacial score (nSPS) is 20.4. The van der Waals surface area contributed by atoms with Crippen molar-refractivity contribution in [1.82, 2.24) is 0 Å². The molecule has 0 amide bonds. The van der Waals surface area contributed by atoms with Crippen LogP contribution in [0.2, 0.25) is 0 Å². The number of rotatable bonds is 6. The standard InChI is InChI=1S/C12H24Cl2N2/c1-9(2)7-11(5,13)15-16-12(6,14)8-10(3)4/h9-10H,7-8H2,1-6H3/b16-15+. The van der Waals surface area contributed by atoms with Gasteiger partial charge in [0.2, 0.25) is 0 Å². The maximum absolute atomic E-state index is 6.25. The van der Waals surface area contributed by atoms with Crippen LogP contribution in [-0.4, -0.2) is 10.00 Å². The van der Waals surface area contributed by atoms with Crippen LogP contribution >= 0.6 is 23.2 Å². The highest BCUT2D eigenvalue weighted by Gasteiger charge is 2.26. The summed E-state index contributed by atoms with van der Waals surface area (Å²) in [5, 5.41) is 8.36. The first-order valence-corrected chi connectivity index (χ1v) is 6.61. The lowest BCUT2D eigenvalue weighted by molar-refractivity contribution is 0.420. The van der Waals surface area contributed by atoms with Crippen LogP contribution in [0, 0.1) is 11.8 Å². The monoisotopic (exact) mass is 266 g/mol. The number of alkyl halides is 2. The zero-order valence-electron chi connectivity index (χ0n) is 11.2. The van der Waals surface area contributed by atoms with E-state index in [9.17, 15) is 0 Å². The molecule has 0 saturated heterocycles. The van der Waals surface area contributed by atoms with Crippen molar-refractivity contribution in [3.8, 4) is 0 Å². The van der Waals surface area contributed by atoms with Crippen LogP contribution in [-0.2, 0) is 0 Å². The molecule has 0 aliphatic carbocycles. The fourth-order valence-electron chi connectivity index (χ4n) is 1.78. The minimum absolute atomic E-state index is 0.494. The highest BCUT2D eigenvalue weighted by molar-refractivity contribution is 6.24. The van der Waals surface area contributed by atoms with E-state index >= 15 is 0 Å². The van der Waals surface area contributed by atoms with Gasteiger partial charge in [0.05, 0.1) is 0 Å². The molecule has 4 heteroatoms. The van der Waals surface area contributed by atoms with Crippen molar-refractivity contribution in [1.29, 1.82) is 0 Å². The molecule has 2 nitrogen and oxygen atoms in total. The summed E-state index contributed by atoms with van der Waals surface area (Å²) in [6.45, 7) is 12.2. The molecule has 0 fully saturated rings. The van der Waals surface area contributed by atoms with Gasteiger partial charge in [0.25, 0.3) is 0 Å². The van der Waals surface area contributed by atoms with Crippen LogP contribution < -0.4 is 0 Å². The van der Waals surface area contributed by atoms with Crippen LogP contribution in [0.3, 0.4) is 0 Å². The summed E-state index contributed by atoms with van der Waals surface area (Å²) in [4.78, 5) is -1.28. The smallest absolute Gasteiger partial charge is 0.152 e. The summed E-state index contributed by atoms with van der Waals surface area (Å²) in [6, 6.07) is 0. The topological polar surface area (TPSA) is 24.7 Å². The van der Waals surface area contributed by atoms with Gasteiger partial charge in [-0.05, 0) is 38.5 Å². The Kier molecular flexibility index (Phi) is 6.27. The van der Waals surface area contributed by atoms with Gasteiger partial charge in [0, 0.05) is 0 Å². The molecule has 2 unspecified atom stereocenters. The number of nitrogens with zero attached hydrogens (tertiary/aromatic N) is 2. The summed E-state index contributed by atoms with van der Waals surface area (Å²) < 4.78 is 0. The zero-order valence-corrected chi connectivity index (χ0v) is 12.7. The maximum Gasteiger partial charge on any atom is 0.152 e. The Bertz CT molecular complexity index is 209. The van der Waals surface area contributed by atoms with E-state index in [2.05, 4.69) is 37.9 Å². The molecule has 0 bridgehead atoms. The second kappa shape index (κ2) is 6.20. The molecule has 0 rings (SSSR count). The van der Waals surface area contributed by atoms with Crippen LogP contribution in [0.15, 0.2) is 10.2 Å². The average molecular weight is 267 g/mol. The summed E-state index contributed by atoms with van der Waals surface area (Å²) >= 11 is 12.5. The van der Waals surface area contributed by atoms with Gasteiger partial charge in [-0.3, -0.25) is 0 Å². The minimum Gasteiger partial charge on any atom is -0.170 e. The molecule has 0 N–H and O–H groups in total. The van der Waals surface area contributed by atoms with E-state index < -0.39 is 10.00 Å². The summed E-state index contributed by atoms with van der Waals surface area (Å²) in [5.41, 5.74) is 0. The van der Waals surface area contributed by atoms with E-state index in [-0.39, 0.29) is 0 Å². The van der Waals surface area contributed by atoms with Crippen molar-refractivity contribution in [2.45, 2.75) is 64.4 Å². The third-order valence-corrected chi connectivity index (χ3v) is 2.49. The van der Waals surface area contributed by atoms with Gasteiger partial charge < -0.3 is 0 Å². The minimum atomic E-state index is -0.638. The summed E-state index contributed by atoms with van der Waals surface area (Å²) in [7, 11) is 0. The highest BCUT2D eigenvalue weighted by atomic mass is 35.5. The van der Waals surface area contributed by atoms with Gasteiger partial charge in [0.15, 0.2) is 10.00 Å². The second-order valence-corrected chi connectivity index (χ2v) is 7.31. The third kappa shape index (κ3) is 8.35. The van der Waals surface area contributed by atoms with E-state index in [1.807, 2.05) is 13.8 Å². The number of halogens is 2. The molecule has 0 heterocycles. The Labute approximate surface area is 110 Å². The Morgan fingerprint density at radius 2 is 1.06 bits per heavy atom. The molecule has 0 saturated carbocycles. The van der Waals surface area contributed by atoms with Gasteiger partial charge in [-0.2, -0.15) is 10.2 Å². The third-order valence-electron chi connectivity index (χ3n) is 2.03. The van der Waals surface area contributed by atoms with E-state index in [0.717, 1.165) is 12.8 Å². The van der Waals surface area contributed by atoms with Crippen molar-refractivity contribution in [3.05, 3.63) is 0 Å². The van der Waals surface area contributed by atoms with Crippen molar-refractivity contribution in [2.75, 3.05) is 0 Å². The van der Waals surface area contributed by atoms with Crippen molar-refractivity contribution >= 4 is 23.2 Å². The zero-order chi connectivity index (χ0) is 13.0. The van der Waals surface area contributed by atoms with E-state index in [0.29, 0.717) is 11.8 Å². The Morgan fingerprint density at radius 3 is 1.25 bits per heavy atom. The van der Waals surface area contributed by atoms with Crippen molar-refractivity contribution in [2.24, 2.45) is 22.1 Å². The fraction of sp³-hybridized carbons (Fsp3) is 1.00. The van der Waals surface area contributed by atoms with E-state index in [4.69, 9.17) is 23.2 Å². The summed E-state index contributed by atoms with van der Waals surface area (Å²) in [6.07, 6.45) is 1.60. The molecular weight excluding hydrogens is 243 g/mol. The number of hydrogen-bond acceptors (Lipinski definition) is 2. The van der Waals surface area contributed by atoms with Crippen LogP contribution in [0.1, 0.15) is 54.4 Å². The van der Waals surface area contributed by atoms with Crippen molar-refractivity contribution < 1.29 is 0 Å². The first-order valence-electron chi connectivity index (χ1n) is 5.86. The van der Waals surface area contributed by atoms with E-state index in [1.54, 1.807) is 0 Å². The average Bonchev–Trinajstić information content (AvgIpc) is 1.96.